The van der Waals surface area contributed by atoms with E-state index in [0.29, 0.717) is 30.5 Å². The number of hydrogen-bond acceptors (Lipinski definition) is 5. The minimum absolute atomic E-state index is 0.0802. The zero-order valence-corrected chi connectivity index (χ0v) is 12.5. The number of rotatable bonds is 6. The van der Waals surface area contributed by atoms with Crippen molar-refractivity contribution in [2.75, 3.05) is 31.1 Å². The summed E-state index contributed by atoms with van der Waals surface area (Å²) in [5, 5.41) is 11.4. The second-order valence-corrected chi connectivity index (χ2v) is 5.32. The first-order valence-corrected chi connectivity index (χ1v) is 7.52. The largest absolute Gasteiger partial charge is 0.487 e. The quantitative estimate of drug-likeness (QED) is 0.644. The summed E-state index contributed by atoms with van der Waals surface area (Å²) < 4.78 is 5.40. The lowest BCUT2D eigenvalue weighted by atomic mass is 9.93. The molecule has 1 aromatic rings. The summed E-state index contributed by atoms with van der Waals surface area (Å²) in [6.45, 7) is 4.63. The van der Waals surface area contributed by atoms with Crippen LogP contribution in [-0.2, 0) is 0 Å². The van der Waals surface area contributed by atoms with E-state index in [0.717, 1.165) is 32.4 Å². The van der Waals surface area contributed by atoms with Gasteiger partial charge in [0.2, 0.25) is 0 Å². The van der Waals surface area contributed by atoms with Gasteiger partial charge < -0.3 is 15.4 Å². The third kappa shape index (κ3) is 3.64. The SMILES string of the molecule is CCOc1cccc(N2CCC(CCN)CC2)c1[N+](=O)[O-]. The van der Waals surface area contributed by atoms with E-state index in [1.807, 2.05) is 19.1 Å². The van der Waals surface area contributed by atoms with Crippen LogP contribution < -0.4 is 15.4 Å². The maximum atomic E-state index is 11.4. The van der Waals surface area contributed by atoms with Gasteiger partial charge in [0.25, 0.3) is 0 Å². The zero-order chi connectivity index (χ0) is 15.2. The fourth-order valence-electron chi connectivity index (χ4n) is 2.92. The third-order valence-corrected chi connectivity index (χ3v) is 3.99. The summed E-state index contributed by atoms with van der Waals surface area (Å²) in [6.07, 6.45) is 3.11. The van der Waals surface area contributed by atoms with Crippen LogP contribution in [0.3, 0.4) is 0 Å². The summed E-state index contributed by atoms with van der Waals surface area (Å²) in [4.78, 5) is 13.2. The lowest BCUT2D eigenvalue weighted by Crippen LogP contribution is -2.34. The molecule has 6 heteroatoms. The van der Waals surface area contributed by atoms with Crippen LogP contribution in [0, 0.1) is 16.0 Å². The molecule has 21 heavy (non-hydrogen) atoms. The Kier molecular flexibility index (Phi) is 5.38. The van der Waals surface area contributed by atoms with Crippen LogP contribution in [0.5, 0.6) is 5.75 Å². The molecule has 6 nitrogen and oxygen atoms in total. The Labute approximate surface area is 125 Å². The highest BCUT2D eigenvalue weighted by Gasteiger charge is 2.27. The number of nitrogens with zero attached hydrogens (tertiary/aromatic N) is 2. The Morgan fingerprint density at radius 2 is 2.14 bits per heavy atom. The van der Waals surface area contributed by atoms with E-state index in [-0.39, 0.29) is 10.6 Å². The van der Waals surface area contributed by atoms with Gasteiger partial charge in [-0.05, 0) is 50.8 Å². The Morgan fingerprint density at radius 3 is 2.71 bits per heavy atom. The van der Waals surface area contributed by atoms with Gasteiger partial charge in [-0.15, -0.1) is 0 Å². The Bertz CT molecular complexity index is 485. The standard InChI is InChI=1S/C15H23N3O3/c1-2-21-14-5-3-4-13(15(14)18(19)20)17-10-7-12(6-9-16)8-11-17/h3-5,12H,2,6-11,16H2,1H3. The number of nitro benzene ring substituents is 1. The highest BCUT2D eigenvalue weighted by molar-refractivity contribution is 5.70. The van der Waals surface area contributed by atoms with E-state index in [2.05, 4.69) is 4.90 Å². The number of nitro groups is 1. The van der Waals surface area contributed by atoms with E-state index in [9.17, 15) is 10.1 Å². The molecule has 1 aliphatic rings. The van der Waals surface area contributed by atoms with Crippen molar-refractivity contribution in [3.63, 3.8) is 0 Å². The molecule has 0 unspecified atom stereocenters. The summed E-state index contributed by atoms with van der Waals surface area (Å²) in [5.41, 5.74) is 6.35. The van der Waals surface area contributed by atoms with Gasteiger partial charge in [-0.3, -0.25) is 10.1 Å². The minimum atomic E-state index is -0.341. The Hall–Kier alpha value is -1.82. The fraction of sp³-hybridized carbons (Fsp3) is 0.600. The molecule has 2 rings (SSSR count). The zero-order valence-electron chi connectivity index (χ0n) is 12.5. The van der Waals surface area contributed by atoms with E-state index in [1.165, 1.54) is 0 Å². The lowest BCUT2D eigenvalue weighted by Gasteiger charge is -2.33. The number of piperidine rings is 1. The molecule has 2 N–H and O–H groups in total. The average Bonchev–Trinajstić information content (AvgIpc) is 2.48. The topological polar surface area (TPSA) is 81.6 Å². The van der Waals surface area contributed by atoms with Gasteiger partial charge in [-0.1, -0.05) is 6.07 Å². The van der Waals surface area contributed by atoms with Gasteiger partial charge in [0.1, 0.15) is 5.69 Å². The maximum Gasteiger partial charge on any atom is 0.333 e. The normalized spacial score (nSPS) is 16.0. The van der Waals surface area contributed by atoms with Crippen LogP contribution >= 0.6 is 0 Å². The van der Waals surface area contributed by atoms with Gasteiger partial charge in [0.05, 0.1) is 11.5 Å². The number of anilines is 1. The minimum Gasteiger partial charge on any atom is -0.487 e. The van der Waals surface area contributed by atoms with Gasteiger partial charge in [0, 0.05) is 13.1 Å². The molecule has 1 aliphatic heterocycles. The Morgan fingerprint density at radius 1 is 1.43 bits per heavy atom. The third-order valence-electron chi connectivity index (χ3n) is 3.99. The summed E-state index contributed by atoms with van der Waals surface area (Å²) in [5.74, 6) is 0.990. The molecule has 1 fully saturated rings. The van der Waals surface area contributed by atoms with Crippen molar-refractivity contribution < 1.29 is 9.66 Å². The first-order valence-electron chi connectivity index (χ1n) is 7.52. The predicted molar refractivity (Wildman–Crippen MR) is 82.9 cm³/mol. The van der Waals surface area contributed by atoms with Crippen LogP contribution in [0.4, 0.5) is 11.4 Å². The number of benzene rings is 1. The summed E-state index contributed by atoms with van der Waals surface area (Å²) >= 11 is 0. The first kappa shape index (κ1) is 15.6. The molecule has 0 bridgehead atoms. The molecule has 1 heterocycles. The molecule has 0 atom stereocenters. The molecule has 0 spiro atoms. The number of ether oxygens (including phenoxy) is 1. The van der Waals surface area contributed by atoms with Crippen molar-refractivity contribution in [1.29, 1.82) is 0 Å². The second-order valence-electron chi connectivity index (χ2n) is 5.32. The van der Waals surface area contributed by atoms with Crippen LogP contribution in [0.2, 0.25) is 0 Å². The molecule has 0 aromatic heterocycles. The Balaban J connectivity index is 2.20. The average molecular weight is 293 g/mol. The molecule has 0 saturated carbocycles. The number of hydrogen-bond donors (Lipinski definition) is 1. The van der Waals surface area contributed by atoms with Crippen molar-refractivity contribution >= 4 is 11.4 Å². The monoisotopic (exact) mass is 293 g/mol. The smallest absolute Gasteiger partial charge is 0.333 e. The molecule has 1 aromatic carbocycles. The molecular weight excluding hydrogens is 270 g/mol. The van der Waals surface area contributed by atoms with Crippen LogP contribution in [0.1, 0.15) is 26.2 Å². The summed E-state index contributed by atoms with van der Waals surface area (Å²) in [7, 11) is 0. The van der Waals surface area contributed by atoms with Crippen LogP contribution in [0.15, 0.2) is 18.2 Å². The van der Waals surface area contributed by atoms with E-state index in [1.54, 1.807) is 6.07 Å². The number of nitrogens with two attached hydrogens (primary N) is 1. The predicted octanol–water partition coefficient (Wildman–Crippen LogP) is 2.56. The van der Waals surface area contributed by atoms with E-state index in [4.69, 9.17) is 10.5 Å². The highest BCUT2D eigenvalue weighted by Crippen LogP contribution is 2.38. The molecule has 0 radical (unpaired) electrons. The van der Waals surface area contributed by atoms with Crippen molar-refractivity contribution in [3.05, 3.63) is 28.3 Å². The van der Waals surface area contributed by atoms with Crippen molar-refractivity contribution in [2.45, 2.75) is 26.2 Å². The number of para-hydroxylation sites is 1. The molecule has 0 aliphatic carbocycles. The lowest BCUT2D eigenvalue weighted by molar-refractivity contribution is -0.385. The maximum absolute atomic E-state index is 11.4. The van der Waals surface area contributed by atoms with Gasteiger partial charge in [-0.2, -0.15) is 0 Å². The summed E-state index contributed by atoms with van der Waals surface area (Å²) in [6, 6.07) is 5.29. The van der Waals surface area contributed by atoms with Crippen molar-refractivity contribution in [1.82, 2.24) is 0 Å². The van der Waals surface area contributed by atoms with Gasteiger partial charge >= 0.3 is 5.69 Å². The molecular formula is C15H23N3O3. The van der Waals surface area contributed by atoms with Crippen LogP contribution in [0.25, 0.3) is 0 Å². The van der Waals surface area contributed by atoms with E-state index >= 15 is 0 Å². The van der Waals surface area contributed by atoms with Crippen LogP contribution in [-0.4, -0.2) is 31.2 Å². The second kappa shape index (κ2) is 7.26. The molecule has 1 saturated heterocycles. The highest BCUT2D eigenvalue weighted by atomic mass is 16.6. The first-order chi connectivity index (χ1) is 10.2. The van der Waals surface area contributed by atoms with Crippen molar-refractivity contribution in [3.8, 4) is 5.75 Å². The fourth-order valence-corrected chi connectivity index (χ4v) is 2.92. The van der Waals surface area contributed by atoms with Gasteiger partial charge in [-0.25, -0.2) is 0 Å². The molecule has 0 amide bonds. The van der Waals surface area contributed by atoms with E-state index < -0.39 is 0 Å². The van der Waals surface area contributed by atoms with Crippen molar-refractivity contribution in [2.24, 2.45) is 11.7 Å². The van der Waals surface area contributed by atoms with Gasteiger partial charge in [0.15, 0.2) is 5.75 Å². The molecule has 116 valence electrons.